The molecule has 1 rings (SSSR count). The molecule has 0 unspecified atom stereocenters. The van der Waals surface area contributed by atoms with Crippen molar-refractivity contribution in [2.75, 3.05) is 13.6 Å². The molecule has 0 aliphatic rings. The highest BCUT2D eigenvalue weighted by molar-refractivity contribution is 5.57. The minimum absolute atomic E-state index is 0.155. The van der Waals surface area contributed by atoms with Crippen molar-refractivity contribution in [3.8, 4) is 0 Å². The van der Waals surface area contributed by atoms with Gasteiger partial charge in [-0.05, 0) is 62.7 Å². The molecule has 0 spiro atoms. The lowest BCUT2D eigenvalue weighted by molar-refractivity contribution is 0.625. The highest BCUT2D eigenvalue weighted by atomic mass is 19.1. The molecule has 15 heavy (non-hydrogen) atoms. The molecular weight excluding hydrogens is 189 g/mol. The number of halogens is 1. The van der Waals surface area contributed by atoms with Gasteiger partial charge in [0.1, 0.15) is 5.82 Å². The van der Waals surface area contributed by atoms with Crippen molar-refractivity contribution in [3.05, 3.63) is 40.7 Å². The summed E-state index contributed by atoms with van der Waals surface area (Å²) in [6.45, 7) is 4.84. The second-order valence-electron chi connectivity index (χ2n) is 3.75. The molecule has 0 aliphatic heterocycles. The summed E-state index contributed by atoms with van der Waals surface area (Å²) in [6, 6.07) is 3.15. The Morgan fingerprint density at radius 2 is 1.87 bits per heavy atom. The summed E-state index contributed by atoms with van der Waals surface area (Å²) in [5.74, 6) is -0.155. The van der Waals surface area contributed by atoms with Crippen LogP contribution in [0.5, 0.6) is 0 Å². The third-order valence-corrected chi connectivity index (χ3v) is 2.40. The lowest BCUT2D eigenvalue weighted by atomic mass is 10.0. The van der Waals surface area contributed by atoms with Crippen LogP contribution in [-0.2, 0) is 0 Å². The monoisotopic (exact) mass is 207 g/mol. The summed E-state index contributed by atoms with van der Waals surface area (Å²) >= 11 is 0. The fraction of sp³-hybridized carbons (Fsp3) is 0.385. The molecule has 0 radical (unpaired) electrons. The predicted molar refractivity (Wildman–Crippen MR) is 63.5 cm³/mol. The molecule has 0 saturated carbocycles. The molecule has 0 atom stereocenters. The van der Waals surface area contributed by atoms with Crippen LogP contribution in [0.25, 0.3) is 6.08 Å². The first-order chi connectivity index (χ1) is 7.15. The van der Waals surface area contributed by atoms with Gasteiger partial charge in [0.15, 0.2) is 0 Å². The van der Waals surface area contributed by atoms with Gasteiger partial charge in [-0.25, -0.2) is 4.39 Å². The second kappa shape index (κ2) is 5.66. The maximum absolute atomic E-state index is 13.0. The number of benzene rings is 1. The average Bonchev–Trinajstić information content (AvgIpc) is 2.15. The Balaban J connectivity index is 2.80. The number of rotatable bonds is 4. The first-order valence-corrected chi connectivity index (χ1v) is 5.23. The molecule has 0 aliphatic carbocycles. The van der Waals surface area contributed by atoms with Gasteiger partial charge in [-0.2, -0.15) is 0 Å². The van der Waals surface area contributed by atoms with Gasteiger partial charge >= 0.3 is 0 Å². The standard InChI is InChI=1S/C13H18FN/c1-10-8-12(14)9-11(2)13(10)6-4-5-7-15-3/h4,6,8-9,15H,5,7H2,1-3H3. The van der Waals surface area contributed by atoms with Crippen LogP contribution in [-0.4, -0.2) is 13.6 Å². The second-order valence-corrected chi connectivity index (χ2v) is 3.75. The number of hydrogen-bond donors (Lipinski definition) is 1. The van der Waals surface area contributed by atoms with Crippen LogP contribution in [0.4, 0.5) is 4.39 Å². The van der Waals surface area contributed by atoms with Crippen LogP contribution in [0.3, 0.4) is 0 Å². The summed E-state index contributed by atoms with van der Waals surface area (Å²) in [5, 5.41) is 3.08. The van der Waals surface area contributed by atoms with Gasteiger partial charge in [-0.1, -0.05) is 12.2 Å². The van der Waals surface area contributed by atoms with Crippen molar-refractivity contribution >= 4 is 6.08 Å². The van der Waals surface area contributed by atoms with Gasteiger partial charge in [0.2, 0.25) is 0 Å². The van der Waals surface area contributed by atoms with Crippen LogP contribution in [0.2, 0.25) is 0 Å². The summed E-state index contributed by atoms with van der Waals surface area (Å²) in [5.41, 5.74) is 3.12. The predicted octanol–water partition coefficient (Wildman–Crippen LogP) is 3.07. The molecule has 0 saturated heterocycles. The van der Waals surface area contributed by atoms with E-state index in [-0.39, 0.29) is 5.82 Å². The molecule has 0 fully saturated rings. The van der Waals surface area contributed by atoms with E-state index in [2.05, 4.69) is 17.5 Å². The van der Waals surface area contributed by atoms with E-state index < -0.39 is 0 Å². The summed E-state index contributed by atoms with van der Waals surface area (Å²) in [7, 11) is 1.93. The Bertz CT molecular complexity index is 333. The minimum atomic E-state index is -0.155. The lowest BCUT2D eigenvalue weighted by Gasteiger charge is -2.05. The summed E-state index contributed by atoms with van der Waals surface area (Å²) in [6.07, 6.45) is 5.18. The van der Waals surface area contributed by atoms with Gasteiger partial charge in [0, 0.05) is 0 Å². The summed E-state index contributed by atoms with van der Waals surface area (Å²) in [4.78, 5) is 0. The minimum Gasteiger partial charge on any atom is -0.319 e. The summed E-state index contributed by atoms with van der Waals surface area (Å²) < 4.78 is 13.0. The van der Waals surface area contributed by atoms with Crippen molar-refractivity contribution in [1.29, 1.82) is 0 Å². The van der Waals surface area contributed by atoms with E-state index in [1.807, 2.05) is 20.9 Å². The zero-order chi connectivity index (χ0) is 11.3. The molecular formula is C13H18FN. The van der Waals surface area contributed by atoms with Gasteiger partial charge in [0.25, 0.3) is 0 Å². The molecule has 1 aromatic carbocycles. The molecule has 0 heterocycles. The van der Waals surface area contributed by atoms with Crippen molar-refractivity contribution in [1.82, 2.24) is 5.32 Å². The maximum atomic E-state index is 13.0. The van der Waals surface area contributed by atoms with Crippen molar-refractivity contribution < 1.29 is 4.39 Å². The van der Waals surface area contributed by atoms with Gasteiger partial charge in [-0.3, -0.25) is 0 Å². The van der Waals surface area contributed by atoms with Crippen LogP contribution >= 0.6 is 0 Å². The average molecular weight is 207 g/mol. The first-order valence-electron chi connectivity index (χ1n) is 5.23. The van der Waals surface area contributed by atoms with E-state index in [4.69, 9.17) is 0 Å². The Hall–Kier alpha value is -1.15. The third kappa shape index (κ3) is 3.48. The van der Waals surface area contributed by atoms with Crippen LogP contribution in [0.1, 0.15) is 23.1 Å². The number of nitrogens with one attached hydrogen (secondary N) is 1. The number of hydrogen-bond acceptors (Lipinski definition) is 1. The van der Waals surface area contributed by atoms with Crippen LogP contribution in [0.15, 0.2) is 18.2 Å². The molecule has 2 heteroatoms. The highest BCUT2D eigenvalue weighted by Gasteiger charge is 2.01. The Morgan fingerprint density at radius 1 is 1.27 bits per heavy atom. The molecule has 0 amide bonds. The Morgan fingerprint density at radius 3 is 2.40 bits per heavy atom. The van der Waals surface area contributed by atoms with Crippen molar-refractivity contribution in [3.63, 3.8) is 0 Å². The van der Waals surface area contributed by atoms with Crippen molar-refractivity contribution in [2.45, 2.75) is 20.3 Å². The fourth-order valence-corrected chi connectivity index (χ4v) is 1.61. The zero-order valence-electron chi connectivity index (χ0n) is 9.60. The van der Waals surface area contributed by atoms with E-state index in [1.54, 1.807) is 12.1 Å². The largest absolute Gasteiger partial charge is 0.319 e. The quantitative estimate of drug-likeness (QED) is 0.748. The molecule has 1 aromatic rings. The van der Waals surface area contributed by atoms with E-state index in [0.29, 0.717) is 0 Å². The number of aryl methyl sites for hydroxylation is 2. The normalized spacial score (nSPS) is 11.2. The zero-order valence-corrected chi connectivity index (χ0v) is 9.60. The van der Waals surface area contributed by atoms with Gasteiger partial charge in [0.05, 0.1) is 0 Å². The van der Waals surface area contributed by atoms with E-state index >= 15 is 0 Å². The smallest absolute Gasteiger partial charge is 0.123 e. The third-order valence-electron chi connectivity index (χ3n) is 2.40. The topological polar surface area (TPSA) is 12.0 Å². The first kappa shape index (κ1) is 11.9. The fourth-order valence-electron chi connectivity index (χ4n) is 1.61. The molecule has 1 nitrogen and oxygen atoms in total. The molecule has 0 aromatic heterocycles. The maximum Gasteiger partial charge on any atom is 0.123 e. The molecule has 1 N–H and O–H groups in total. The highest BCUT2D eigenvalue weighted by Crippen LogP contribution is 2.17. The van der Waals surface area contributed by atoms with Crippen molar-refractivity contribution in [2.24, 2.45) is 0 Å². The van der Waals surface area contributed by atoms with E-state index in [0.717, 1.165) is 29.7 Å². The Kier molecular flexibility index (Phi) is 4.50. The van der Waals surface area contributed by atoms with Gasteiger partial charge in [-0.15, -0.1) is 0 Å². The van der Waals surface area contributed by atoms with Crippen LogP contribution < -0.4 is 5.32 Å². The van der Waals surface area contributed by atoms with Crippen LogP contribution in [0, 0.1) is 19.7 Å². The van der Waals surface area contributed by atoms with E-state index in [9.17, 15) is 4.39 Å². The van der Waals surface area contributed by atoms with E-state index in [1.165, 1.54) is 0 Å². The van der Waals surface area contributed by atoms with Gasteiger partial charge < -0.3 is 5.32 Å². The lowest BCUT2D eigenvalue weighted by Crippen LogP contribution is -2.05. The Labute approximate surface area is 91.0 Å². The molecule has 0 bridgehead atoms. The molecule has 82 valence electrons. The SMILES string of the molecule is CNCCC=Cc1c(C)cc(F)cc1C.